The fourth-order valence-electron chi connectivity index (χ4n) is 3.66. The maximum Gasteiger partial charge on any atom is 0.333 e. The van der Waals surface area contributed by atoms with Gasteiger partial charge in [0.2, 0.25) is 0 Å². The maximum atomic E-state index is 13.0. The predicted octanol–water partition coefficient (Wildman–Crippen LogP) is -0.649. The number of aliphatic hydroxyl groups excluding tert-OH is 2. The third kappa shape index (κ3) is 4.33. The molecule has 1 fully saturated rings. The number of aromatic nitrogens is 6. The van der Waals surface area contributed by atoms with Crippen molar-refractivity contribution in [3.63, 3.8) is 0 Å². The largest absolute Gasteiger partial charge is 0.394 e. The highest BCUT2D eigenvalue weighted by Crippen LogP contribution is 2.27. The Morgan fingerprint density at radius 1 is 1.19 bits per heavy atom. The van der Waals surface area contributed by atoms with Crippen LogP contribution in [0.1, 0.15) is 35.2 Å². The summed E-state index contributed by atoms with van der Waals surface area (Å²) in [7, 11) is 0. The fourth-order valence-corrected chi connectivity index (χ4v) is 3.66. The molecule has 1 aliphatic rings. The minimum atomic E-state index is -0.891. The van der Waals surface area contributed by atoms with E-state index >= 15 is 0 Å². The fraction of sp³-hybridized carbons (Fsp3) is 0.450. The number of hydrogen-bond donors (Lipinski definition) is 2. The lowest BCUT2D eigenvalue weighted by molar-refractivity contribution is -0.0463. The van der Waals surface area contributed by atoms with E-state index < -0.39 is 29.7 Å². The van der Waals surface area contributed by atoms with E-state index in [1.165, 1.54) is 10.8 Å². The zero-order valence-electron chi connectivity index (χ0n) is 17.2. The van der Waals surface area contributed by atoms with Crippen LogP contribution in [0.5, 0.6) is 0 Å². The first-order valence-electron chi connectivity index (χ1n) is 9.93. The number of rotatable bonds is 6. The molecule has 3 aromatic rings. The Kier molecular flexibility index (Phi) is 5.81. The van der Waals surface area contributed by atoms with Crippen molar-refractivity contribution >= 4 is 0 Å². The van der Waals surface area contributed by atoms with Crippen LogP contribution in [0.3, 0.4) is 0 Å². The summed E-state index contributed by atoms with van der Waals surface area (Å²) in [5, 5.41) is 27.4. The van der Waals surface area contributed by atoms with Crippen molar-refractivity contribution in [2.75, 3.05) is 6.61 Å². The molecule has 0 spiro atoms. The smallest absolute Gasteiger partial charge is 0.333 e. The van der Waals surface area contributed by atoms with Gasteiger partial charge in [-0.05, 0) is 31.5 Å². The number of ether oxygens (including phenoxy) is 1. The van der Waals surface area contributed by atoms with Gasteiger partial charge in [0.1, 0.15) is 18.0 Å². The van der Waals surface area contributed by atoms with Gasteiger partial charge in [0.15, 0.2) is 0 Å². The Balaban J connectivity index is 1.59. The topological polar surface area (TPSA) is 137 Å². The molecule has 4 rings (SSSR count). The van der Waals surface area contributed by atoms with Crippen LogP contribution in [0.25, 0.3) is 0 Å². The summed E-state index contributed by atoms with van der Waals surface area (Å²) in [5.41, 5.74) is 1.68. The summed E-state index contributed by atoms with van der Waals surface area (Å²) in [6.45, 7) is 3.58. The van der Waals surface area contributed by atoms with E-state index in [0.717, 1.165) is 15.8 Å². The van der Waals surface area contributed by atoms with E-state index in [2.05, 4.69) is 15.3 Å². The zero-order valence-corrected chi connectivity index (χ0v) is 17.2. The lowest BCUT2D eigenvalue weighted by Gasteiger charge is -2.17. The molecular formula is C20H24N6O5. The van der Waals surface area contributed by atoms with Crippen LogP contribution in [0.4, 0.5) is 0 Å². The van der Waals surface area contributed by atoms with Gasteiger partial charge in [0.05, 0.1) is 37.7 Å². The summed E-state index contributed by atoms with van der Waals surface area (Å²) in [5.74, 6) is 0. The molecule has 3 aromatic heterocycles. The molecule has 0 radical (unpaired) electrons. The van der Waals surface area contributed by atoms with Crippen molar-refractivity contribution in [3.8, 4) is 0 Å². The summed E-state index contributed by atoms with van der Waals surface area (Å²) >= 11 is 0. The molecule has 0 amide bonds. The minimum absolute atomic E-state index is 0.0563. The van der Waals surface area contributed by atoms with Crippen molar-refractivity contribution in [1.82, 2.24) is 29.1 Å². The number of pyridine rings is 1. The molecule has 1 aliphatic heterocycles. The van der Waals surface area contributed by atoms with Crippen molar-refractivity contribution in [2.45, 2.75) is 51.8 Å². The van der Waals surface area contributed by atoms with Gasteiger partial charge in [-0.15, -0.1) is 5.10 Å². The summed E-state index contributed by atoms with van der Waals surface area (Å²) in [4.78, 5) is 29.9. The molecule has 164 valence electrons. The van der Waals surface area contributed by atoms with E-state index in [9.17, 15) is 19.8 Å². The number of aryl methyl sites for hydroxylation is 2. The van der Waals surface area contributed by atoms with Crippen LogP contribution in [0.15, 0.2) is 40.3 Å². The molecule has 0 aromatic carbocycles. The van der Waals surface area contributed by atoms with Crippen LogP contribution in [-0.4, -0.2) is 58.1 Å². The van der Waals surface area contributed by atoms with Gasteiger partial charge in [-0.25, -0.2) is 9.48 Å². The van der Waals surface area contributed by atoms with Gasteiger partial charge in [0.25, 0.3) is 5.56 Å². The Labute approximate surface area is 177 Å². The SMILES string of the molecule is Cc1ccnc(Cn2cc(Cn3c(=O)c(C)cn([C@H]4CC(O)[C@@H](CO)O4)c3=O)nn2)c1. The molecule has 1 saturated heterocycles. The molecule has 11 heteroatoms. The van der Waals surface area contributed by atoms with E-state index in [1.807, 2.05) is 19.1 Å². The molecule has 4 heterocycles. The highest BCUT2D eigenvalue weighted by atomic mass is 16.5. The molecule has 0 aliphatic carbocycles. The van der Waals surface area contributed by atoms with Gasteiger partial charge >= 0.3 is 5.69 Å². The summed E-state index contributed by atoms with van der Waals surface area (Å²) < 4.78 is 9.52. The van der Waals surface area contributed by atoms with Crippen molar-refractivity contribution in [2.24, 2.45) is 0 Å². The van der Waals surface area contributed by atoms with Gasteiger partial charge < -0.3 is 14.9 Å². The van der Waals surface area contributed by atoms with Gasteiger partial charge in [-0.2, -0.15) is 0 Å². The third-order valence-electron chi connectivity index (χ3n) is 5.26. The second-order valence-corrected chi connectivity index (χ2v) is 7.74. The van der Waals surface area contributed by atoms with Crippen molar-refractivity contribution in [1.29, 1.82) is 0 Å². The molecular weight excluding hydrogens is 404 g/mol. The maximum absolute atomic E-state index is 13.0. The zero-order chi connectivity index (χ0) is 22.1. The Hall–Kier alpha value is -3.15. The second kappa shape index (κ2) is 8.53. The molecule has 2 N–H and O–H groups in total. The standard InChI is InChI=1S/C20H24N6O5/c1-12-3-4-21-14(5-12)8-24-9-15(22-23-24)10-26-19(29)13(2)7-25(20(26)30)18-6-16(28)17(11-27)31-18/h3-5,7,9,16-18,27-28H,6,8,10-11H2,1-2H3/t16?,17-,18-/m1/s1. The summed E-state index contributed by atoms with van der Waals surface area (Å²) in [6, 6.07) is 3.85. The number of nitrogens with zero attached hydrogens (tertiary/aromatic N) is 6. The van der Waals surface area contributed by atoms with Crippen LogP contribution in [0.2, 0.25) is 0 Å². The average molecular weight is 428 g/mol. The third-order valence-corrected chi connectivity index (χ3v) is 5.26. The van der Waals surface area contributed by atoms with E-state index in [0.29, 0.717) is 17.8 Å². The molecule has 1 unspecified atom stereocenters. The van der Waals surface area contributed by atoms with E-state index in [4.69, 9.17) is 4.74 Å². The highest BCUT2D eigenvalue weighted by molar-refractivity contribution is 5.14. The first-order valence-corrected chi connectivity index (χ1v) is 9.93. The van der Waals surface area contributed by atoms with E-state index in [-0.39, 0.29) is 19.6 Å². The first kappa shape index (κ1) is 21.1. The van der Waals surface area contributed by atoms with Gasteiger partial charge in [-0.3, -0.25) is 18.9 Å². The Morgan fingerprint density at radius 2 is 2.00 bits per heavy atom. The molecule has 0 saturated carbocycles. The van der Waals surface area contributed by atoms with Gasteiger partial charge in [0, 0.05) is 24.4 Å². The highest BCUT2D eigenvalue weighted by Gasteiger charge is 2.35. The monoisotopic (exact) mass is 428 g/mol. The van der Waals surface area contributed by atoms with E-state index in [1.54, 1.807) is 24.0 Å². The first-order chi connectivity index (χ1) is 14.9. The number of hydrogen-bond acceptors (Lipinski definition) is 8. The number of aliphatic hydroxyl groups is 2. The lowest BCUT2D eigenvalue weighted by Crippen LogP contribution is -2.42. The van der Waals surface area contributed by atoms with Crippen LogP contribution in [-0.2, 0) is 17.8 Å². The van der Waals surface area contributed by atoms with Crippen LogP contribution < -0.4 is 11.2 Å². The molecule has 31 heavy (non-hydrogen) atoms. The lowest BCUT2D eigenvalue weighted by atomic mass is 10.2. The van der Waals surface area contributed by atoms with Crippen LogP contribution >= 0.6 is 0 Å². The van der Waals surface area contributed by atoms with Crippen molar-refractivity contribution < 1.29 is 14.9 Å². The molecule has 3 atom stereocenters. The predicted molar refractivity (Wildman–Crippen MR) is 109 cm³/mol. The summed E-state index contributed by atoms with van der Waals surface area (Å²) in [6.07, 6.45) is 2.51. The second-order valence-electron chi connectivity index (χ2n) is 7.74. The Bertz CT molecular complexity index is 1200. The quantitative estimate of drug-likeness (QED) is 0.528. The van der Waals surface area contributed by atoms with Gasteiger partial charge in [-0.1, -0.05) is 5.21 Å². The molecule has 0 bridgehead atoms. The normalized spacial score (nSPS) is 21.0. The Morgan fingerprint density at radius 3 is 2.71 bits per heavy atom. The minimum Gasteiger partial charge on any atom is -0.394 e. The van der Waals surface area contributed by atoms with Crippen molar-refractivity contribution in [3.05, 3.63) is 74.1 Å². The van der Waals surface area contributed by atoms with Crippen LogP contribution in [0, 0.1) is 13.8 Å². The average Bonchev–Trinajstić information content (AvgIpc) is 3.33. The molecule has 11 nitrogen and oxygen atoms in total.